The van der Waals surface area contributed by atoms with Crippen molar-refractivity contribution in [3.63, 3.8) is 0 Å². The molecule has 0 radical (unpaired) electrons. The topological polar surface area (TPSA) is 81.1 Å². The van der Waals surface area contributed by atoms with Crippen molar-refractivity contribution >= 4 is 12.0 Å². The molecule has 1 heterocycles. The van der Waals surface area contributed by atoms with E-state index in [2.05, 4.69) is 0 Å². The fraction of sp³-hybridized carbons (Fsp3) is 0.818. The molecule has 17 heavy (non-hydrogen) atoms. The van der Waals surface area contributed by atoms with E-state index in [1.54, 1.807) is 4.90 Å². The number of carbonyl (C=O) groups excluding carboxylic acids is 1. The summed E-state index contributed by atoms with van der Waals surface area (Å²) in [6.07, 6.45) is 1.78. The van der Waals surface area contributed by atoms with Crippen LogP contribution in [0.4, 0.5) is 4.79 Å². The van der Waals surface area contributed by atoms with Crippen molar-refractivity contribution in [3.8, 4) is 0 Å². The molecule has 6 heteroatoms. The second-order valence-electron chi connectivity index (χ2n) is 4.13. The molecule has 0 aliphatic carbocycles. The van der Waals surface area contributed by atoms with Gasteiger partial charge in [0.2, 0.25) is 0 Å². The standard InChI is InChI=1S/C11H20N2O4/c1-2-12(6-4-8-14)11(17)13-7-3-5-9(13)10(15)16/h9,14H,2-8H2,1H3,(H,15,16)/t9-/m0/s1. The Bertz CT molecular complexity index is 283. The minimum absolute atomic E-state index is 0.0339. The number of hydrogen-bond acceptors (Lipinski definition) is 3. The highest BCUT2D eigenvalue weighted by Crippen LogP contribution is 2.19. The second-order valence-corrected chi connectivity index (χ2v) is 4.13. The third kappa shape index (κ3) is 3.33. The van der Waals surface area contributed by atoms with Gasteiger partial charge in [0.15, 0.2) is 0 Å². The molecule has 2 amide bonds. The van der Waals surface area contributed by atoms with Gasteiger partial charge in [0.1, 0.15) is 6.04 Å². The van der Waals surface area contributed by atoms with Crippen molar-refractivity contribution < 1.29 is 19.8 Å². The van der Waals surface area contributed by atoms with E-state index in [-0.39, 0.29) is 12.6 Å². The molecule has 1 saturated heterocycles. The van der Waals surface area contributed by atoms with Gasteiger partial charge in [-0.3, -0.25) is 0 Å². The van der Waals surface area contributed by atoms with Crippen molar-refractivity contribution in [2.75, 3.05) is 26.2 Å². The van der Waals surface area contributed by atoms with Crippen LogP contribution >= 0.6 is 0 Å². The number of aliphatic hydroxyl groups excluding tert-OH is 1. The third-order valence-corrected chi connectivity index (χ3v) is 3.02. The molecule has 98 valence electrons. The van der Waals surface area contributed by atoms with Gasteiger partial charge in [0.25, 0.3) is 0 Å². The summed E-state index contributed by atoms with van der Waals surface area (Å²) in [6, 6.07) is -0.920. The number of carboxylic acids is 1. The molecule has 0 saturated carbocycles. The summed E-state index contributed by atoms with van der Waals surface area (Å²) in [6.45, 7) is 3.38. The first-order chi connectivity index (χ1) is 8.11. The van der Waals surface area contributed by atoms with Crippen molar-refractivity contribution in [3.05, 3.63) is 0 Å². The van der Waals surface area contributed by atoms with Gasteiger partial charge in [-0.15, -0.1) is 0 Å². The van der Waals surface area contributed by atoms with Crippen LogP contribution in [0.3, 0.4) is 0 Å². The zero-order valence-electron chi connectivity index (χ0n) is 10.1. The molecule has 1 aliphatic rings. The Labute approximate surface area is 101 Å². The zero-order valence-corrected chi connectivity index (χ0v) is 10.1. The number of nitrogens with zero attached hydrogens (tertiary/aromatic N) is 2. The molecule has 0 aromatic heterocycles. The zero-order chi connectivity index (χ0) is 12.8. The smallest absolute Gasteiger partial charge is 0.326 e. The number of carboxylic acid groups (broad SMARTS) is 1. The van der Waals surface area contributed by atoms with E-state index in [4.69, 9.17) is 10.2 Å². The molecule has 0 spiro atoms. The summed E-state index contributed by atoms with van der Waals surface area (Å²) in [5.41, 5.74) is 0. The van der Waals surface area contributed by atoms with Crippen LogP contribution < -0.4 is 0 Å². The number of carbonyl (C=O) groups is 2. The van der Waals surface area contributed by atoms with Crippen molar-refractivity contribution in [2.24, 2.45) is 0 Å². The first-order valence-corrected chi connectivity index (χ1v) is 6.01. The second kappa shape index (κ2) is 6.44. The molecule has 2 N–H and O–H groups in total. The summed E-state index contributed by atoms with van der Waals surface area (Å²) in [7, 11) is 0. The molecule has 0 unspecified atom stereocenters. The first-order valence-electron chi connectivity index (χ1n) is 6.01. The van der Waals surface area contributed by atoms with E-state index in [1.165, 1.54) is 4.90 Å². The Morgan fingerprint density at radius 3 is 2.71 bits per heavy atom. The monoisotopic (exact) mass is 244 g/mol. The van der Waals surface area contributed by atoms with E-state index in [1.807, 2.05) is 6.92 Å². The lowest BCUT2D eigenvalue weighted by Crippen LogP contribution is -2.48. The molecular weight excluding hydrogens is 224 g/mol. The number of likely N-dealkylation sites (tertiary alicyclic amines) is 1. The molecular formula is C11H20N2O4. The summed E-state index contributed by atoms with van der Waals surface area (Å²) in [5, 5.41) is 17.8. The average Bonchev–Trinajstić information content (AvgIpc) is 2.78. The number of hydrogen-bond donors (Lipinski definition) is 2. The Morgan fingerprint density at radius 2 is 2.18 bits per heavy atom. The van der Waals surface area contributed by atoms with Crippen LogP contribution in [0.15, 0.2) is 0 Å². The predicted molar refractivity (Wildman–Crippen MR) is 61.7 cm³/mol. The quantitative estimate of drug-likeness (QED) is 0.731. The Morgan fingerprint density at radius 1 is 1.47 bits per heavy atom. The van der Waals surface area contributed by atoms with E-state index in [9.17, 15) is 9.59 Å². The fourth-order valence-corrected chi connectivity index (χ4v) is 2.08. The van der Waals surface area contributed by atoms with E-state index in [0.29, 0.717) is 32.5 Å². The van der Waals surface area contributed by atoms with Gasteiger partial charge in [-0.25, -0.2) is 9.59 Å². The molecule has 1 aliphatic heterocycles. The number of aliphatic hydroxyl groups is 1. The van der Waals surface area contributed by atoms with Crippen molar-refractivity contribution in [1.82, 2.24) is 9.80 Å². The highest BCUT2D eigenvalue weighted by atomic mass is 16.4. The SMILES string of the molecule is CCN(CCCO)C(=O)N1CCC[C@H]1C(=O)O. The lowest BCUT2D eigenvalue weighted by atomic mass is 10.2. The van der Waals surface area contributed by atoms with E-state index in [0.717, 1.165) is 6.42 Å². The minimum atomic E-state index is -0.936. The predicted octanol–water partition coefficient (Wildman–Crippen LogP) is 0.360. The molecule has 0 bridgehead atoms. The average molecular weight is 244 g/mol. The Kier molecular flexibility index (Phi) is 5.21. The van der Waals surface area contributed by atoms with Crippen molar-refractivity contribution in [1.29, 1.82) is 0 Å². The van der Waals surface area contributed by atoms with E-state index < -0.39 is 12.0 Å². The van der Waals surface area contributed by atoms with Crippen LogP contribution in [0.2, 0.25) is 0 Å². The molecule has 6 nitrogen and oxygen atoms in total. The van der Waals surface area contributed by atoms with Crippen LogP contribution in [-0.4, -0.2) is 64.3 Å². The Balaban J connectivity index is 2.63. The summed E-state index contributed by atoms with van der Waals surface area (Å²) in [5.74, 6) is -0.936. The Hall–Kier alpha value is -1.30. The van der Waals surface area contributed by atoms with Gasteiger partial charge >= 0.3 is 12.0 Å². The maximum absolute atomic E-state index is 12.1. The van der Waals surface area contributed by atoms with Crippen molar-refractivity contribution in [2.45, 2.75) is 32.2 Å². The van der Waals surface area contributed by atoms with Crippen LogP contribution in [0, 0.1) is 0 Å². The largest absolute Gasteiger partial charge is 0.480 e. The number of aliphatic carboxylic acids is 1. The highest BCUT2D eigenvalue weighted by Gasteiger charge is 2.35. The number of rotatable bonds is 5. The maximum atomic E-state index is 12.1. The number of urea groups is 1. The van der Waals surface area contributed by atoms with Gasteiger partial charge in [0.05, 0.1) is 0 Å². The van der Waals surface area contributed by atoms with Crippen LogP contribution in [-0.2, 0) is 4.79 Å². The number of amides is 2. The van der Waals surface area contributed by atoms with Gasteiger partial charge in [0, 0.05) is 26.2 Å². The van der Waals surface area contributed by atoms with E-state index >= 15 is 0 Å². The lowest BCUT2D eigenvalue weighted by molar-refractivity contribution is -0.141. The molecule has 0 aromatic rings. The summed E-state index contributed by atoms with van der Waals surface area (Å²) < 4.78 is 0. The third-order valence-electron chi connectivity index (χ3n) is 3.02. The summed E-state index contributed by atoms with van der Waals surface area (Å²) >= 11 is 0. The maximum Gasteiger partial charge on any atom is 0.326 e. The van der Waals surface area contributed by atoms with Crippen LogP contribution in [0.25, 0.3) is 0 Å². The van der Waals surface area contributed by atoms with Crippen LogP contribution in [0.1, 0.15) is 26.2 Å². The molecule has 1 rings (SSSR count). The van der Waals surface area contributed by atoms with Gasteiger partial charge < -0.3 is 20.0 Å². The molecule has 1 atom stereocenters. The van der Waals surface area contributed by atoms with Crippen LogP contribution in [0.5, 0.6) is 0 Å². The first kappa shape index (κ1) is 13.8. The molecule has 0 aromatic carbocycles. The summed E-state index contributed by atoms with van der Waals surface area (Å²) in [4.78, 5) is 26.1. The fourth-order valence-electron chi connectivity index (χ4n) is 2.08. The normalized spacial score (nSPS) is 19.4. The molecule has 1 fully saturated rings. The van der Waals surface area contributed by atoms with Gasteiger partial charge in [-0.1, -0.05) is 0 Å². The highest BCUT2D eigenvalue weighted by molar-refractivity contribution is 5.83. The minimum Gasteiger partial charge on any atom is -0.480 e. The lowest BCUT2D eigenvalue weighted by Gasteiger charge is -2.29. The van der Waals surface area contributed by atoms with Gasteiger partial charge in [-0.2, -0.15) is 0 Å². The van der Waals surface area contributed by atoms with Gasteiger partial charge in [-0.05, 0) is 26.2 Å².